The number of carbonyl (C=O) groups is 3. The molecule has 0 atom stereocenters. The summed E-state index contributed by atoms with van der Waals surface area (Å²) >= 11 is 0. The molecule has 1 heterocycles. The lowest BCUT2D eigenvalue weighted by Crippen LogP contribution is -2.52. The highest BCUT2D eigenvalue weighted by molar-refractivity contribution is 6.26. The van der Waals surface area contributed by atoms with Gasteiger partial charge in [0.05, 0.1) is 21.0 Å². The highest BCUT2D eigenvalue weighted by atomic mass is 16.6. The molecule has 11 nitrogen and oxygen atoms in total. The lowest BCUT2D eigenvalue weighted by Gasteiger charge is -2.27. The second-order valence-electron chi connectivity index (χ2n) is 6.18. The Morgan fingerprint density at radius 2 is 1.41 bits per heavy atom. The van der Waals surface area contributed by atoms with Gasteiger partial charge in [0.25, 0.3) is 23.2 Å². The molecule has 1 aliphatic heterocycles. The van der Waals surface area contributed by atoms with Gasteiger partial charge in [-0.2, -0.15) is 5.01 Å². The van der Waals surface area contributed by atoms with Crippen molar-refractivity contribution in [1.29, 1.82) is 0 Å². The number of hydrazine groups is 1. The maximum atomic E-state index is 12.7. The van der Waals surface area contributed by atoms with E-state index in [4.69, 9.17) is 0 Å². The van der Waals surface area contributed by atoms with Gasteiger partial charge in [0, 0.05) is 35.6 Å². The van der Waals surface area contributed by atoms with E-state index in [1.165, 1.54) is 0 Å². The third-order valence-electron chi connectivity index (χ3n) is 4.05. The van der Waals surface area contributed by atoms with E-state index in [1.54, 1.807) is 13.8 Å². The summed E-state index contributed by atoms with van der Waals surface area (Å²) in [7, 11) is 0. The Morgan fingerprint density at radius 1 is 0.963 bits per heavy atom. The first-order valence-corrected chi connectivity index (χ1v) is 7.71. The van der Waals surface area contributed by atoms with Gasteiger partial charge in [0.15, 0.2) is 0 Å². The number of rotatable bonds is 4. The van der Waals surface area contributed by atoms with Crippen molar-refractivity contribution in [2.75, 3.05) is 0 Å². The minimum Gasteiger partial charge on any atom is -0.273 e. The van der Waals surface area contributed by atoms with Gasteiger partial charge < -0.3 is 0 Å². The molecular formula is C16H12N4O7. The normalized spacial score (nSPS) is 13.2. The SMILES string of the molecule is CC(C)C(=O)NN1C(=O)c2cc([N+](=O)[O-])cc3cc([N+](=O)[O-])cc(c23)C1=O. The number of imide groups is 1. The number of hydrogen-bond donors (Lipinski definition) is 1. The van der Waals surface area contributed by atoms with Crippen molar-refractivity contribution in [2.24, 2.45) is 5.92 Å². The van der Waals surface area contributed by atoms with E-state index < -0.39 is 44.9 Å². The van der Waals surface area contributed by atoms with Crippen LogP contribution < -0.4 is 5.43 Å². The van der Waals surface area contributed by atoms with E-state index in [0.29, 0.717) is 5.01 Å². The number of amides is 3. The summed E-state index contributed by atoms with van der Waals surface area (Å²) < 4.78 is 0. The number of nitrogens with zero attached hydrogens (tertiary/aromatic N) is 3. The standard InChI is InChI=1S/C16H12N4O7/c1-7(2)14(21)17-18-15(22)11-5-9(19(24)25)3-8-4-10(20(26)27)6-12(13(8)11)16(18)23/h3-7H,1-2H3,(H,17,21). The van der Waals surface area contributed by atoms with Crippen LogP contribution in [-0.2, 0) is 4.79 Å². The van der Waals surface area contributed by atoms with Crippen LogP contribution in [0.15, 0.2) is 24.3 Å². The molecule has 0 spiro atoms. The Kier molecular flexibility index (Phi) is 4.06. The second kappa shape index (κ2) is 6.12. The van der Waals surface area contributed by atoms with Crippen molar-refractivity contribution in [1.82, 2.24) is 10.4 Å². The van der Waals surface area contributed by atoms with Crippen molar-refractivity contribution in [3.63, 3.8) is 0 Å². The Labute approximate surface area is 150 Å². The molecule has 1 N–H and O–H groups in total. The highest BCUT2D eigenvalue weighted by Gasteiger charge is 2.37. The Balaban J connectivity index is 2.30. The molecule has 0 saturated carbocycles. The van der Waals surface area contributed by atoms with Crippen LogP contribution >= 0.6 is 0 Å². The zero-order valence-electron chi connectivity index (χ0n) is 14.1. The number of nitro groups is 2. The number of non-ortho nitro benzene ring substituents is 2. The summed E-state index contributed by atoms with van der Waals surface area (Å²) in [4.78, 5) is 58.2. The van der Waals surface area contributed by atoms with Crippen LogP contribution in [-0.4, -0.2) is 32.6 Å². The van der Waals surface area contributed by atoms with Crippen LogP contribution in [0.5, 0.6) is 0 Å². The molecule has 1 aliphatic rings. The molecule has 0 aromatic heterocycles. The molecule has 0 saturated heterocycles. The summed E-state index contributed by atoms with van der Waals surface area (Å²) in [5.41, 5.74) is 0.811. The first kappa shape index (κ1) is 17.9. The fourth-order valence-corrected chi connectivity index (χ4v) is 2.71. The predicted octanol–water partition coefficient (Wildman–Crippen LogP) is 1.94. The van der Waals surface area contributed by atoms with Crippen molar-refractivity contribution < 1.29 is 24.2 Å². The van der Waals surface area contributed by atoms with Gasteiger partial charge in [-0.3, -0.25) is 40.0 Å². The fraction of sp³-hybridized carbons (Fsp3) is 0.188. The van der Waals surface area contributed by atoms with Crippen molar-refractivity contribution >= 4 is 39.9 Å². The van der Waals surface area contributed by atoms with Gasteiger partial charge in [-0.1, -0.05) is 13.8 Å². The smallest absolute Gasteiger partial charge is 0.273 e. The second-order valence-corrected chi connectivity index (χ2v) is 6.18. The highest BCUT2D eigenvalue weighted by Crippen LogP contribution is 2.35. The molecule has 3 rings (SSSR count). The quantitative estimate of drug-likeness (QED) is 0.489. The van der Waals surface area contributed by atoms with E-state index in [-0.39, 0.29) is 21.9 Å². The van der Waals surface area contributed by atoms with Crippen LogP contribution in [0.3, 0.4) is 0 Å². The zero-order valence-corrected chi connectivity index (χ0v) is 14.1. The summed E-state index contributed by atoms with van der Waals surface area (Å²) in [6.07, 6.45) is 0. The largest absolute Gasteiger partial charge is 0.280 e. The Morgan fingerprint density at radius 3 is 1.78 bits per heavy atom. The lowest BCUT2D eigenvalue weighted by atomic mass is 9.93. The Hall–Kier alpha value is -3.89. The van der Waals surface area contributed by atoms with Crippen LogP contribution in [0, 0.1) is 26.1 Å². The minimum absolute atomic E-state index is 0.0138. The molecule has 0 radical (unpaired) electrons. The van der Waals surface area contributed by atoms with E-state index >= 15 is 0 Å². The van der Waals surface area contributed by atoms with E-state index in [0.717, 1.165) is 24.3 Å². The van der Waals surface area contributed by atoms with Gasteiger partial charge in [0.1, 0.15) is 0 Å². The third kappa shape index (κ3) is 2.84. The molecule has 11 heteroatoms. The first-order chi connectivity index (χ1) is 12.6. The first-order valence-electron chi connectivity index (χ1n) is 7.71. The number of benzene rings is 2. The number of nitro benzene ring substituents is 2. The van der Waals surface area contributed by atoms with Gasteiger partial charge in [-0.05, 0) is 5.39 Å². The van der Waals surface area contributed by atoms with Crippen molar-refractivity contribution in [2.45, 2.75) is 13.8 Å². The summed E-state index contributed by atoms with van der Waals surface area (Å²) in [5, 5.41) is 22.8. The summed E-state index contributed by atoms with van der Waals surface area (Å²) in [6, 6.07) is 4.05. The maximum Gasteiger partial charge on any atom is 0.280 e. The van der Waals surface area contributed by atoms with E-state index in [9.17, 15) is 34.6 Å². The maximum absolute atomic E-state index is 12.7. The van der Waals surface area contributed by atoms with Gasteiger partial charge >= 0.3 is 0 Å². The summed E-state index contributed by atoms with van der Waals surface area (Å²) in [5.74, 6) is -3.09. The van der Waals surface area contributed by atoms with Crippen molar-refractivity contribution in [3.05, 3.63) is 55.6 Å². The van der Waals surface area contributed by atoms with Crippen LogP contribution in [0.25, 0.3) is 10.8 Å². The molecule has 0 fully saturated rings. The van der Waals surface area contributed by atoms with E-state index in [2.05, 4.69) is 5.43 Å². The molecular weight excluding hydrogens is 360 g/mol. The van der Waals surface area contributed by atoms with Gasteiger partial charge in [-0.15, -0.1) is 0 Å². The van der Waals surface area contributed by atoms with Crippen LogP contribution in [0.2, 0.25) is 0 Å². The van der Waals surface area contributed by atoms with Gasteiger partial charge in [-0.25, -0.2) is 0 Å². The topological polar surface area (TPSA) is 153 Å². The molecule has 0 bridgehead atoms. The molecule has 3 amide bonds. The zero-order chi connectivity index (χ0) is 20.0. The number of nitrogens with one attached hydrogen (secondary N) is 1. The van der Waals surface area contributed by atoms with Gasteiger partial charge in [0.2, 0.25) is 5.91 Å². The number of hydrogen-bond acceptors (Lipinski definition) is 7. The average molecular weight is 372 g/mol. The fourth-order valence-electron chi connectivity index (χ4n) is 2.71. The molecule has 2 aromatic carbocycles. The van der Waals surface area contributed by atoms with E-state index in [1.807, 2.05) is 0 Å². The monoisotopic (exact) mass is 372 g/mol. The lowest BCUT2D eigenvalue weighted by molar-refractivity contribution is -0.385. The Bertz CT molecular complexity index is 992. The average Bonchev–Trinajstić information content (AvgIpc) is 2.61. The summed E-state index contributed by atoms with van der Waals surface area (Å²) in [6.45, 7) is 3.08. The molecule has 138 valence electrons. The predicted molar refractivity (Wildman–Crippen MR) is 90.7 cm³/mol. The number of carbonyl (C=O) groups excluding carboxylic acids is 3. The molecule has 0 aliphatic carbocycles. The van der Waals surface area contributed by atoms with Crippen LogP contribution in [0.1, 0.15) is 34.6 Å². The van der Waals surface area contributed by atoms with Crippen LogP contribution in [0.4, 0.5) is 11.4 Å². The minimum atomic E-state index is -0.955. The molecule has 27 heavy (non-hydrogen) atoms. The third-order valence-corrected chi connectivity index (χ3v) is 4.05. The molecule has 0 unspecified atom stereocenters. The van der Waals surface area contributed by atoms with Crippen molar-refractivity contribution in [3.8, 4) is 0 Å². The molecule has 2 aromatic rings.